The Hall–Kier alpha value is -0.570. The van der Waals surface area contributed by atoms with Gasteiger partial charge in [-0.05, 0) is 50.6 Å². The molecule has 1 amide bonds. The number of nitrogens with zero attached hydrogens (tertiary/aromatic N) is 1. The fourth-order valence-corrected chi connectivity index (χ4v) is 2.99. The monoisotopic (exact) mass is 238 g/mol. The van der Waals surface area contributed by atoms with E-state index in [4.69, 9.17) is 0 Å². The molecule has 1 heterocycles. The Morgan fingerprint density at radius 1 is 1.18 bits per heavy atom. The van der Waals surface area contributed by atoms with E-state index in [0.29, 0.717) is 6.54 Å². The second-order valence-electron chi connectivity index (χ2n) is 5.91. The Morgan fingerprint density at radius 3 is 2.47 bits per heavy atom. The molecule has 0 aromatic rings. The molecule has 0 aromatic heterocycles. The van der Waals surface area contributed by atoms with Crippen LogP contribution in [0.25, 0.3) is 0 Å². The summed E-state index contributed by atoms with van der Waals surface area (Å²) >= 11 is 0. The zero-order chi connectivity index (χ0) is 12.1. The fraction of sp³-hybridized carbons (Fsp3) is 0.929. The molecule has 3 heteroatoms. The number of nitrogens with one attached hydrogen (secondary N) is 1. The van der Waals surface area contributed by atoms with Gasteiger partial charge in [-0.1, -0.05) is 19.8 Å². The SMILES string of the molecule is CC1CCC(CNC(=O)CN2CCCC2)CC1. The van der Waals surface area contributed by atoms with Gasteiger partial charge in [-0.3, -0.25) is 9.69 Å². The number of hydrogen-bond acceptors (Lipinski definition) is 2. The molecule has 1 aliphatic heterocycles. The topological polar surface area (TPSA) is 32.3 Å². The molecule has 0 unspecified atom stereocenters. The van der Waals surface area contributed by atoms with Gasteiger partial charge in [-0.15, -0.1) is 0 Å². The normalized spacial score (nSPS) is 30.4. The van der Waals surface area contributed by atoms with Crippen LogP contribution in [0.3, 0.4) is 0 Å². The largest absolute Gasteiger partial charge is 0.355 e. The average molecular weight is 238 g/mol. The van der Waals surface area contributed by atoms with Crippen molar-refractivity contribution in [3.8, 4) is 0 Å². The number of carbonyl (C=O) groups is 1. The maximum absolute atomic E-state index is 11.8. The molecule has 17 heavy (non-hydrogen) atoms. The summed E-state index contributed by atoms with van der Waals surface area (Å²) in [5.74, 6) is 1.85. The predicted octanol–water partition coefficient (Wildman–Crippen LogP) is 2.02. The minimum Gasteiger partial charge on any atom is -0.355 e. The number of likely N-dealkylation sites (tertiary alicyclic amines) is 1. The average Bonchev–Trinajstić information content (AvgIpc) is 2.81. The highest BCUT2D eigenvalue weighted by Gasteiger charge is 2.19. The molecule has 3 nitrogen and oxygen atoms in total. The van der Waals surface area contributed by atoms with Crippen molar-refractivity contribution in [2.75, 3.05) is 26.2 Å². The quantitative estimate of drug-likeness (QED) is 0.812. The van der Waals surface area contributed by atoms with Crippen LogP contribution in [-0.4, -0.2) is 37.0 Å². The van der Waals surface area contributed by atoms with Crippen LogP contribution in [0, 0.1) is 11.8 Å². The minimum atomic E-state index is 0.227. The van der Waals surface area contributed by atoms with Gasteiger partial charge in [0.2, 0.25) is 5.91 Å². The van der Waals surface area contributed by atoms with Gasteiger partial charge < -0.3 is 5.32 Å². The van der Waals surface area contributed by atoms with Gasteiger partial charge in [0.15, 0.2) is 0 Å². The van der Waals surface area contributed by atoms with Crippen molar-refractivity contribution in [2.24, 2.45) is 11.8 Å². The van der Waals surface area contributed by atoms with E-state index in [9.17, 15) is 4.79 Å². The van der Waals surface area contributed by atoms with Crippen molar-refractivity contribution in [3.05, 3.63) is 0 Å². The van der Waals surface area contributed by atoms with Crippen LogP contribution in [0.4, 0.5) is 0 Å². The molecular weight excluding hydrogens is 212 g/mol. The van der Waals surface area contributed by atoms with Crippen molar-refractivity contribution in [1.29, 1.82) is 0 Å². The molecular formula is C14H26N2O. The van der Waals surface area contributed by atoms with Gasteiger partial charge in [0, 0.05) is 6.54 Å². The lowest BCUT2D eigenvalue weighted by Gasteiger charge is -2.26. The highest BCUT2D eigenvalue weighted by Crippen LogP contribution is 2.27. The first-order valence-electron chi connectivity index (χ1n) is 7.23. The first kappa shape index (κ1) is 12.9. The Bertz CT molecular complexity index is 241. The molecule has 0 bridgehead atoms. The number of rotatable bonds is 4. The van der Waals surface area contributed by atoms with Crippen LogP contribution in [0.5, 0.6) is 0 Å². The Kier molecular flexibility index (Phi) is 4.84. The minimum absolute atomic E-state index is 0.227. The van der Waals surface area contributed by atoms with Crippen LogP contribution in [-0.2, 0) is 4.79 Å². The molecule has 2 fully saturated rings. The molecule has 2 rings (SSSR count). The summed E-state index contributed by atoms with van der Waals surface area (Å²) in [6.45, 7) is 6.06. The van der Waals surface area contributed by atoms with E-state index in [1.54, 1.807) is 0 Å². The van der Waals surface area contributed by atoms with Crippen molar-refractivity contribution in [3.63, 3.8) is 0 Å². The third-order valence-corrected chi connectivity index (χ3v) is 4.29. The summed E-state index contributed by atoms with van der Waals surface area (Å²) in [6.07, 6.45) is 7.79. The number of hydrogen-bond donors (Lipinski definition) is 1. The number of carbonyl (C=O) groups excluding carboxylic acids is 1. The lowest BCUT2D eigenvalue weighted by Crippen LogP contribution is -2.38. The van der Waals surface area contributed by atoms with Crippen LogP contribution < -0.4 is 5.32 Å². The predicted molar refractivity (Wildman–Crippen MR) is 69.8 cm³/mol. The molecule has 1 N–H and O–H groups in total. The van der Waals surface area contributed by atoms with Gasteiger partial charge in [0.1, 0.15) is 0 Å². The van der Waals surface area contributed by atoms with Gasteiger partial charge in [-0.25, -0.2) is 0 Å². The summed E-state index contributed by atoms with van der Waals surface area (Å²) < 4.78 is 0. The summed E-state index contributed by atoms with van der Waals surface area (Å²) in [6, 6.07) is 0. The van der Waals surface area contributed by atoms with Crippen LogP contribution in [0.1, 0.15) is 45.4 Å². The molecule has 2 aliphatic rings. The molecule has 1 saturated carbocycles. The second-order valence-corrected chi connectivity index (χ2v) is 5.91. The van der Waals surface area contributed by atoms with Gasteiger partial charge in [-0.2, -0.15) is 0 Å². The zero-order valence-electron chi connectivity index (χ0n) is 11.1. The maximum atomic E-state index is 11.8. The van der Waals surface area contributed by atoms with E-state index in [1.807, 2.05) is 0 Å². The van der Waals surface area contributed by atoms with Gasteiger partial charge in [0.05, 0.1) is 6.54 Å². The van der Waals surface area contributed by atoms with E-state index in [2.05, 4.69) is 17.1 Å². The Morgan fingerprint density at radius 2 is 1.82 bits per heavy atom. The lowest BCUT2D eigenvalue weighted by atomic mass is 9.83. The fourth-order valence-electron chi connectivity index (χ4n) is 2.99. The van der Waals surface area contributed by atoms with Gasteiger partial charge in [0.25, 0.3) is 0 Å². The standard InChI is InChI=1S/C14H26N2O/c1-12-4-6-13(7-5-12)10-15-14(17)11-16-8-2-3-9-16/h12-13H,2-11H2,1H3,(H,15,17). The van der Waals surface area contributed by atoms with E-state index in [0.717, 1.165) is 31.5 Å². The Labute approximate surface area is 105 Å². The molecule has 0 radical (unpaired) electrons. The van der Waals surface area contributed by atoms with E-state index < -0.39 is 0 Å². The highest BCUT2D eigenvalue weighted by molar-refractivity contribution is 5.78. The van der Waals surface area contributed by atoms with Gasteiger partial charge >= 0.3 is 0 Å². The Balaban J connectivity index is 1.59. The molecule has 1 aliphatic carbocycles. The first-order chi connectivity index (χ1) is 8.24. The lowest BCUT2D eigenvalue weighted by molar-refractivity contribution is -0.122. The van der Waals surface area contributed by atoms with Crippen molar-refractivity contribution in [1.82, 2.24) is 10.2 Å². The summed E-state index contributed by atoms with van der Waals surface area (Å²) in [7, 11) is 0. The first-order valence-corrected chi connectivity index (χ1v) is 7.23. The van der Waals surface area contributed by atoms with E-state index in [-0.39, 0.29) is 5.91 Å². The summed E-state index contributed by atoms with van der Waals surface area (Å²) in [5, 5.41) is 3.11. The van der Waals surface area contributed by atoms with Crippen LogP contribution in [0.15, 0.2) is 0 Å². The smallest absolute Gasteiger partial charge is 0.234 e. The van der Waals surface area contributed by atoms with Crippen molar-refractivity contribution < 1.29 is 4.79 Å². The summed E-state index contributed by atoms with van der Waals surface area (Å²) in [4.78, 5) is 14.0. The molecule has 0 atom stereocenters. The summed E-state index contributed by atoms with van der Waals surface area (Å²) in [5.41, 5.74) is 0. The third kappa shape index (κ3) is 4.30. The van der Waals surface area contributed by atoms with Crippen molar-refractivity contribution >= 4 is 5.91 Å². The van der Waals surface area contributed by atoms with Crippen LogP contribution >= 0.6 is 0 Å². The molecule has 0 aromatic carbocycles. The second kappa shape index (κ2) is 6.39. The molecule has 0 spiro atoms. The van der Waals surface area contributed by atoms with E-state index in [1.165, 1.54) is 38.5 Å². The zero-order valence-corrected chi connectivity index (χ0v) is 11.1. The third-order valence-electron chi connectivity index (χ3n) is 4.29. The maximum Gasteiger partial charge on any atom is 0.234 e. The number of amides is 1. The van der Waals surface area contributed by atoms with Crippen molar-refractivity contribution in [2.45, 2.75) is 45.4 Å². The van der Waals surface area contributed by atoms with Crippen LogP contribution in [0.2, 0.25) is 0 Å². The molecule has 1 saturated heterocycles. The highest BCUT2D eigenvalue weighted by atomic mass is 16.2. The molecule has 98 valence electrons. The van der Waals surface area contributed by atoms with E-state index >= 15 is 0 Å².